The second-order valence-corrected chi connectivity index (χ2v) is 10.5. The average molecular weight is 566 g/mol. The number of aromatic nitrogens is 6. The average Bonchev–Trinajstić information content (AvgIpc) is 3.52. The predicted octanol–water partition coefficient (Wildman–Crippen LogP) is 6.47. The maximum absolute atomic E-state index is 13.2. The summed E-state index contributed by atoms with van der Waals surface area (Å²) in [5.74, 6) is -0.795. The Labute approximate surface area is 232 Å². The minimum atomic E-state index is -2.57. The molecule has 0 unspecified atom stereocenters. The number of amides is 1. The Morgan fingerprint density at radius 2 is 2.02 bits per heavy atom. The zero-order valence-electron chi connectivity index (χ0n) is 21.6. The number of alkyl halides is 3. The van der Waals surface area contributed by atoms with Crippen molar-refractivity contribution in [3.63, 3.8) is 0 Å². The first-order chi connectivity index (χ1) is 19.3. The topological polar surface area (TPSA) is 111 Å². The van der Waals surface area contributed by atoms with Crippen LogP contribution in [0.25, 0.3) is 33.3 Å². The third-order valence-corrected chi connectivity index (χ3v) is 7.09. The first-order valence-electron chi connectivity index (χ1n) is 13.0. The first-order valence-corrected chi connectivity index (χ1v) is 13.5. The number of nitrogens with one attached hydrogen (secondary N) is 2. The Hall–Kier alpha value is -4.12. The van der Waals surface area contributed by atoms with Crippen LogP contribution < -0.4 is 10.1 Å². The molecule has 0 spiro atoms. The lowest BCUT2D eigenvalue weighted by atomic mass is 9.81. The van der Waals surface area contributed by atoms with Crippen LogP contribution in [0.5, 0.6) is 11.5 Å². The molecule has 9 nitrogen and oxygen atoms in total. The summed E-state index contributed by atoms with van der Waals surface area (Å²) in [5.41, 5.74) is 4.25. The van der Waals surface area contributed by atoms with Crippen molar-refractivity contribution in [3.8, 4) is 22.8 Å². The zero-order chi connectivity index (χ0) is 27.9. The van der Waals surface area contributed by atoms with Crippen molar-refractivity contribution in [2.45, 2.75) is 45.1 Å². The molecule has 12 heteroatoms. The molecular formula is C28H26ClF2N7O2. The highest BCUT2D eigenvalue weighted by Crippen LogP contribution is 2.43. The van der Waals surface area contributed by atoms with Crippen molar-refractivity contribution in [1.82, 2.24) is 29.7 Å². The number of aryl methyl sites for hydroxylation is 1. The molecule has 5 aromatic rings. The standard InChI is InChI=1S/C28H26ClF2N7O2/c1-16-34-20-5-4-19(9-22(20)35-16)40-24-7-6-21-26(27(24)37-25(39)3-2-8-29)36-23(13-32-21)18-12-33-38(15-18)14-17-10-28(30,31)11-17/h4-7,9,12-13,15,17H,2-3,8,10-11,14H2,1H3,(H,34,35)(H,37,39). The van der Waals surface area contributed by atoms with E-state index in [1.54, 1.807) is 41.5 Å². The lowest BCUT2D eigenvalue weighted by Gasteiger charge is -2.34. The fourth-order valence-corrected chi connectivity index (χ4v) is 5.05. The molecule has 0 aliphatic heterocycles. The third kappa shape index (κ3) is 5.46. The van der Waals surface area contributed by atoms with Gasteiger partial charge in [-0.2, -0.15) is 5.10 Å². The van der Waals surface area contributed by atoms with Gasteiger partial charge in [0.2, 0.25) is 11.8 Å². The molecule has 0 bridgehead atoms. The van der Waals surface area contributed by atoms with Crippen LogP contribution >= 0.6 is 11.6 Å². The van der Waals surface area contributed by atoms with Gasteiger partial charge >= 0.3 is 0 Å². The van der Waals surface area contributed by atoms with Gasteiger partial charge in [-0.3, -0.25) is 14.5 Å². The Balaban J connectivity index is 1.34. The zero-order valence-corrected chi connectivity index (χ0v) is 22.4. The van der Waals surface area contributed by atoms with E-state index in [0.29, 0.717) is 58.3 Å². The van der Waals surface area contributed by atoms with Gasteiger partial charge in [0.05, 0.1) is 34.6 Å². The number of carbonyl (C=O) groups is 1. The molecule has 0 atom stereocenters. The molecular weight excluding hydrogens is 540 g/mol. The highest BCUT2D eigenvalue weighted by Gasteiger charge is 2.45. The summed E-state index contributed by atoms with van der Waals surface area (Å²) in [6, 6.07) is 9.01. The second kappa shape index (κ2) is 10.5. The largest absolute Gasteiger partial charge is 0.455 e. The maximum Gasteiger partial charge on any atom is 0.248 e. The van der Waals surface area contributed by atoms with Gasteiger partial charge in [0.25, 0.3) is 0 Å². The first kappa shape index (κ1) is 26.1. The monoisotopic (exact) mass is 565 g/mol. The minimum absolute atomic E-state index is 0.107. The van der Waals surface area contributed by atoms with Crippen LogP contribution in [0.3, 0.4) is 0 Å². The Morgan fingerprint density at radius 3 is 2.83 bits per heavy atom. The van der Waals surface area contributed by atoms with Crippen LogP contribution in [0.2, 0.25) is 0 Å². The van der Waals surface area contributed by atoms with Gasteiger partial charge in [0.1, 0.15) is 22.8 Å². The van der Waals surface area contributed by atoms with E-state index in [-0.39, 0.29) is 31.1 Å². The van der Waals surface area contributed by atoms with Crippen LogP contribution in [0.4, 0.5) is 14.5 Å². The smallest absolute Gasteiger partial charge is 0.248 e. The number of H-pyrrole nitrogens is 1. The summed E-state index contributed by atoms with van der Waals surface area (Å²) in [6.07, 6.45) is 5.53. The molecule has 1 aliphatic rings. The maximum atomic E-state index is 13.2. The lowest BCUT2D eigenvalue weighted by Crippen LogP contribution is -2.37. The molecule has 0 radical (unpaired) electrons. The van der Waals surface area contributed by atoms with Crippen LogP contribution in [0.15, 0.2) is 48.9 Å². The summed E-state index contributed by atoms with van der Waals surface area (Å²) < 4.78 is 34.4. The van der Waals surface area contributed by atoms with E-state index in [0.717, 1.165) is 16.9 Å². The van der Waals surface area contributed by atoms with Crippen LogP contribution in [-0.4, -0.2) is 47.4 Å². The highest BCUT2D eigenvalue weighted by atomic mass is 35.5. The number of hydrogen-bond donors (Lipinski definition) is 2. The predicted molar refractivity (Wildman–Crippen MR) is 148 cm³/mol. The number of aromatic amines is 1. The van der Waals surface area contributed by atoms with Gasteiger partial charge in [0, 0.05) is 49.5 Å². The van der Waals surface area contributed by atoms with Crippen LogP contribution in [0, 0.1) is 12.8 Å². The Bertz CT molecular complexity index is 1710. The number of nitrogens with zero attached hydrogens (tertiary/aromatic N) is 5. The summed E-state index contributed by atoms with van der Waals surface area (Å²) >= 11 is 5.80. The van der Waals surface area contributed by atoms with E-state index in [2.05, 4.69) is 25.4 Å². The minimum Gasteiger partial charge on any atom is -0.455 e. The normalized spacial score (nSPS) is 14.9. The SMILES string of the molecule is Cc1nc2ccc(Oc3ccc4ncc(-c5cnn(CC6CC(F)(F)C6)c5)nc4c3NC(=O)CCCCl)cc2[nH]1. The summed E-state index contributed by atoms with van der Waals surface area (Å²) in [7, 11) is 0. The molecule has 2 N–H and O–H groups in total. The highest BCUT2D eigenvalue weighted by molar-refractivity contribution is 6.18. The molecule has 3 aromatic heterocycles. The molecule has 40 heavy (non-hydrogen) atoms. The number of rotatable bonds is 9. The summed E-state index contributed by atoms with van der Waals surface area (Å²) in [4.78, 5) is 29.8. The van der Waals surface area contributed by atoms with E-state index in [9.17, 15) is 13.6 Å². The van der Waals surface area contributed by atoms with Gasteiger partial charge in [-0.15, -0.1) is 11.6 Å². The number of anilines is 1. The molecule has 206 valence electrons. The number of hydrogen-bond acceptors (Lipinski definition) is 6. The van der Waals surface area contributed by atoms with E-state index >= 15 is 0 Å². The number of fused-ring (bicyclic) bond motifs is 2. The van der Waals surface area contributed by atoms with Crippen LogP contribution in [-0.2, 0) is 11.3 Å². The number of benzene rings is 2. The van der Waals surface area contributed by atoms with Gasteiger partial charge < -0.3 is 15.0 Å². The molecule has 2 aromatic carbocycles. The third-order valence-electron chi connectivity index (χ3n) is 6.83. The van der Waals surface area contributed by atoms with Crippen molar-refractivity contribution in [3.05, 3.63) is 54.7 Å². The van der Waals surface area contributed by atoms with Gasteiger partial charge in [-0.25, -0.2) is 18.7 Å². The van der Waals surface area contributed by atoms with Crippen LogP contribution in [0.1, 0.15) is 31.5 Å². The lowest BCUT2D eigenvalue weighted by molar-refractivity contribution is -0.116. The Kier molecular flexibility index (Phi) is 6.83. The molecule has 3 heterocycles. The molecule has 6 rings (SSSR count). The summed E-state index contributed by atoms with van der Waals surface area (Å²) in [5, 5.41) is 7.28. The van der Waals surface area contributed by atoms with Crippen molar-refractivity contribution < 1.29 is 18.3 Å². The number of ether oxygens (including phenoxy) is 1. The Morgan fingerprint density at radius 1 is 1.20 bits per heavy atom. The van der Waals surface area contributed by atoms with Gasteiger partial charge in [0.15, 0.2) is 5.75 Å². The van der Waals surface area contributed by atoms with E-state index in [1.165, 1.54) is 0 Å². The van der Waals surface area contributed by atoms with Crippen molar-refractivity contribution in [2.24, 2.45) is 5.92 Å². The fourth-order valence-electron chi connectivity index (χ4n) is 4.91. The van der Waals surface area contributed by atoms with E-state index in [4.69, 9.17) is 21.3 Å². The van der Waals surface area contributed by atoms with Crippen molar-refractivity contribution in [2.75, 3.05) is 11.2 Å². The van der Waals surface area contributed by atoms with E-state index < -0.39 is 5.92 Å². The van der Waals surface area contributed by atoms with Gasteiger partial charge in [-0.1, -0.05) is 0 Å². The fraction of sp³-hybridized carbons (Fsp3) is 0.321. The molecule has 1 saturated carbocycles. The molecule has 1 amide bonds. The number of halogens is 3. The van der Waals surface area contributed by atoms with Gasteiger partial charge in [-0.05, 0) is 43.5 Å². The van der Waals surface area contributed by atoms with Crippen molar-refractivity contribution >= 4 is 45.3 Å². The molecule has 1 fully saturated rings. The second-order valence-electron chi connectivity index (χ2n) is 10.1. The summed E-state index contributed by atoms with van der Waals surface area (Å²) in [6.45, 7) is 2.29. The number of imidazole rings is 1. The van der Waals surface area contributed by atoms with Crippen molar-refractivity contribution in [1.29, 1.82) is 0 Å². The molecule has 0 saturated heterocycles. The molecule has 1 aliphatic carbocycles. The number of carbonyl (C=O) groups excluding carboxylic acids is 1. The quantitative estimate of drug-likeness (QED) is 0.198. The van der Waals surface area contributed by atoms with E-state index in [1.807, 2.05) is 19.1 Å².